The molecule has 134 valence electrons. The molecule has 24 heavy (non-hydrogen) atoms. The van der Waals surface area contributed by atoms with Gasteiger partial charge in [0.15, 0.2) is 0 Å². The lowest BCUT2D eigenvalue weighted by molar-refractivity contribution is 0.222. The second-order valence-corrected chi connectivity index (χ2v) is 8.86. The summed E-state index contributed by atoms with van der Waals surface area (Å²) in [6.45, 7) is 2.63. The first-order valence-corrected chi connectivity index (χ1v) is 10.4. The van der Waals surface area contributed by atoms with Crippen LogP contribution in [0.4, 0.5) is 5.82 Å². The summed E-state index contributed by atoms with van der Waals surface area (Å²) in [5.74, 6) is 0.777. The number of piperazine rings is 1. The number of pyridine rings is 1. The van der Waals surface area contributed by atoms with Crippen molar-refractivity contribution in [1.29, 1.82) is 0 Å². The fourth-order valence-electron chi connectivity index (χ4n) is 3.43. The van der Waals surface area contributed by atoms with Crippen molar-refractivity contribution in [2.24, 2.45) is 0 Å². The maximum Gasteiger partial charge on any atom is 0.244 e. The van der Waals surface area contributed by atoms with Crippen LogP contribution in [0, 0.1) is 0 Å². The first-order chi connectivity index (χ1) is 11.6. The van der Waals surface area contributed by atoms with Crippen molar-refractivity contribution in [3.05, 3.63) is 18.3 Å². The minimum atomic E-state index is -3.42. The van der Waals surface area contributed by atoms with Crippen molar-refractivity contribution < 1.29 is 8.42 Å². The molecule has 6 nitrogen and oxygen atoms in total. The van der Waals surface area contributed by atoms with E-state index < -0.39 is 10.0 Å². The highest BCUT2D eigenvalue weighted by atomic mass is 32.2. The maximum atomic E-state index is 12.7. The first-order valence-electron chi connectivity index (χ1n) is 8.97. The molecule has 0 spiro atoms. The van der Waals surface area contributed by atoms with Crippen LogP contribution in [0.2, 0.25) is 0 Å². The molecule has 1 saturated heterocycles. The van der Waals surface area contributed by atoms with E-state index in [4.69, 9.17) is 0 Å². The Kier molecular flexibility index (Phi) is 5.73. The SMILES string of the molecule is CN1CCN(S(=O)(=O)c2ccc(NC3CCCCCC3)nc2)CC1. The number of anilines is 1. The summed E-state index contributed by atoms with van der Waals surface area (Å²) >= 11 is 0. The van der Waals surface area contributed by atoms with Crippen LogP contribution < -0.4 is 5.32 Å². The Balaban J connectivity index is 1.65. The van der Waals surface area contributed by atoms with E-state index in [1.807, 2.05) is 7.05 Å². The zero-order valence-corrected chi connectivity index (χ0v) is 15.3. The monoisotopic (exact) mass is 352 g/mol. The average molecular weight is 353 g/mol. The van der Waals surface area contributed by atoms with Gasteiger partial charge in [-0.25, -0.2) is 13.4 Å². The predicted molar refractivity (Wildman–Crippen MR) is 95.6 cm³/mol. The number of likely N-dealkylation sites (N-methyl/N-ethyl adjacent to an activating group) is 1. The maximum absolute atomic E-state index is 12.7. The Labute approximate surface area is 145 Å². The molecule has 2 fully saturated rings. The van der Waals surface area contributed by atoms with E-state index in [9.17, 15) is 8.42 Å². The molecule has 3 rings (SSSR count). The highest BCUT2D eigenvalue weighted by Gasteiger charge is 2.27. The van der Waals surface area contributed by atoms with Crippen LogP contribution in [-0.2, 0) is 10.0 Å². The van der Waals surface area contributed by atoms with E-state index in [-0.39, 0.29) is 0 Å². The van der Waals surface area contributed by atoms with Crippen molar-refractivity contribution in [3.63, 3.8) is 0 Å². The number of hydrogen-bond donors (Lipinski definition) is 1. The number of aromatic nitrogens is 1. The lowest BCUT2D eigenvalue weighted by Gasteiger charge is -2.31. The van der Waals surface area contributed by atoms with Gasteiger partial charge < -0.3 is 10.2 Å². The van der Waals surface area contributed by atoms with Crippen molar-refractivity contribution >= 4 is 15.8 Å². The molecule has 1 aliphatic heterocycles. The van der Waals surface area contributed by atoms with Crippen molar-refractivity contribution in [2.75, 3.05) is 38.5 Å². The molecule has 0 radical (unpaired) electrons. The topological polar surface area (TPSA) is 65.5 Å². The van der Waals surface area contributed by atoms with Crippen molar-refractivity contribution in [2.45, 2.75) is 49.5 Å². The largest absolute Gasteiger partial charge is 0.367 e. The zero-order valence-electron chi connectivity index (χ0n) is 14.4. The van der Waals surface area contributed by atoms with Gasteiger partial charge in [-0.15, -0.1) is 0 Å². The van der Waals surface area contributed by atoms with Gasteiger partial charge in [0.05, 0.1) is 0 Å². The van der Waals surface area contributed by atoms with E-state index in [2.05, 4.69) is 15.2 Å². The van der Waals surface area contributed by atoms with Gasteiger partial charge in [0, 0.05) is 38.4 Å². The molecule has 0 unspecified atom stereocenters. The van der Waals surface area contributed by atoms with Gasteiger partial charge in [0.1, 0.15) is 10.7 Å². The van der Waals surface area contributed by atoms with Gasteiger partial charge in [-0.1, -0.05) is 25.7 Å². The highest BCUT2D eigenvalue weighted by Crippen LogP contribution is 2.22. The Morgan fingerprint density at radius 2 is 1.71 bits per heavy atom. The number of sulfonamides is 1. The van der Waals surface area contributed by atoms with E-state index in [0.717, 1.165) is 18.9 Å². The molecule has 1 aromatic heterocycles. The van der Waals surface area contributed by atoms with Gasteiger partial charge in [-0.2, -0.15) is 4.31 Å². The fraction of sp³-hybridized carbons (Fsp3) is 0.706. The van der Waals surface area contributed by atoms with E-state index in [0.29, 0.717) is 24.0 Å². The Morgan fingerprint density at radius 1 is 1.04 bits per heavy atom. The third-order valence-corrected chi connectivity index (χ3v) is 6.93. The summed E-state index contributed by atoms with van der Waals surface area (Å²) in [6, 6.07) is 3.94. The highest BCUT2D eigenvalue weighted by molar-refractivity contribution is 7.89. The van der Waals surface area contributed by atoms with E-state index in [1.54, 1.807) is 16.4 Å². The molecule has 1 N–H and O–H groups in total. The average Bonchev–Trinajstić information content (AvgIpc) is 2.84. The molecule has 2 aliphatic rings. The van der Waals surface area contributed by atoms with Gasteiger partial charge in [-0.3, -0.25) is 0 Å². The van der Waals surface area contributed by atoms with E-state index >= 15 is 0 Å². The number of hydrogen-bond acceptors (Lipinski definition) is 5. The quantitative estimate of drug-likeness (QED) is 0.841. The van der Waals surface area contributed by atoms with Crippen LogP contribution in [-0.4, -0.2) is 61.9 Å². The minimum absolute atomic E-state index is 0.290. The van der Waals surface area contributed by atoms with Crippen LogP contribution in [0.15, 0.2) is 23.2 Å². The molecular formula is C17H28N4O2S. The summed E-state index contributed by atoms with van der Waals surface area (Å²) in [6.07, 6.45) is 8.97. The molecule has 2 heterocycles. The van der Waals surface area contributed by atoms with E-state index in [1.165, 1.54) is 44.7 Å². The smallest absolute Gasteiger partial charge is 0.244 e. The number of nitrogens with one attached hydrogen (secondary N) is 1. The van der Waals surface area contributed by atoms with Crippen molar-refractivity contribution in [1.82, 2.24) is 14.2 Å². The lowest BCUT2D eigenvalue weighted by atomic mass is 10.1. The third-order valence-electron chi connectivity index (χ3n) is 5.04. The van der Waals surface area contributed by atoms with Crippen LogP contribution in [0.3, 0.4) is 0 Å². The van der Waals surface area contributed by atoms with Crippen LogP contribution in [0.1, 0.15) is 38.5 Å². The normalized spacial score (nSPS) is 22.2. The van der Waals surface area contributed by atoms with Gasteiger partial charge in [-0.05, 0) is 32.0 Å². The summed E-state index contributed by atoms with van der Waals surface area (Å²) in [5.41, 5.74) is 0. The summed E-state index contributed by atoms with van der Waals surface area (Å²) < 4.78 is 26.9. The Morgan fingerprint density at radius 3 is 2.29 bits per heavy atom. The van der Waals surface area contributed by atoms with Gasteiger partial charge in [0.25, 0.3) is 0 Å². The summed E-state index contributed by atoms with van der Waals surface area (Å²) in [5, 5.41) is 3.46. The molecule has 7 heteroatoms. The Bertz CT molecular complexity index is 616. The molecule has 0 bridgehead atoms. The minimum Gasteiger partial charge on any atom is -0.367 e. The third kappa shape index (κ3) is 4.26. The zero-order chi connectivity index (χ0) is 17.0. The van der Waals surface area contributed by atoms with Gasteiger partial charge in [0.2, 0.25) is 10.0 Å². The van der Waals surface area contributed by atoms with Crippen LogP contribution >= 0.6 is 0 Å². The second-order valence-electron chi connectivity index (χ2n) is 6.92. The summed E-state index contributed by atoms with van der Waals surface area (Å²) in [4.78, 5) is 6.79. The van der Waals surface area contributed by atoms with Crippen LogP contribution in [0.5, 0.6) is 0 Å². The van der Waals surface area contributed by atoms with Gasteiger partial charge >= 0.3 is 0 Å². The Hall–Kier alpha value is -1.18. The first kappa shape index (κ1) is 17.6. The molecule has 1 aliphatic carbocycles. The molecular weight excluding hydrogens is 324 g/mol. The fourth-order valence-corrected chi connectivity index (χ4v) is 4.80. The number of rotatable bonds is 4. The second kappa shape index (κ2) is 7.80. The van der Waals surface area contributed by atoms with Crippen LogP contribution in [0.25, 0.3) is 0 Å². The molecule has 0 aromatic carbocycles. The standard InChI is InChI=1S/C17H28N4O2S/c1-20-10-12-21(13-11-20)24(22,23)16-8-9-17(18-14-16)19-15-6-4-2-3-5-7-15/h8-9,14-15H,2-7,10-13H2,1H3,(H,18,19). The molecule has 1 saturated carbocycles. The molecule has 1 aromatic rings. The summed E-state index contributed by atoms with van der Waals surface area (Å²) in [7, 11) is -1.41. The lowest BCUT2D eigenvalue weighted by Crippen LogP contribution is -2.47. The molecule has 0 amide bonds. The number of nitrogens with zero attached hydrogens (tertiary/aromatic N) is 3. The predicted octanol–water partition coefficient (Wildman–Crippen LogP) is 2.15. The van der Waals surface area contributed by atoms with Crippen molar-refractivity contribution in [3.8, 4) is 0 Å². The molecule has 0 atom stereocenters.